The summed E-state index contributed by atoms with van der Waals surface area (Å²) in [6, 6.07) is 4.16. The Balaban J connectivity index is 1.52. The van der Waals surface area contributed by atoms with Crippen molar-refractivity contribution in [3.8, 4) is 5.88 Å². The third-order valence-corrected chi connectivity index (χ3v) is 3.17. The molecule has 3 heterocycles. The number of nitrogens with zero attached hydrogens (tertiary/aromatic N) is 5. The molecule has 1 fully saturated rings. The second-order valence-electron chi connectivity index (χ2n) is 4.48. The SMILES string of the molecule is c1cc2nnnn2nc1OCCC1CCCCN1. The highest BCUT2D eigenvalue weighted by Gasteiger charge is 2.12. The van der Waals surface area contributed by atoms with E-state index < -0.39 is 0 Å². The van der Waals surface area contributed by atoms with E-state index >= 15 is 0 Å². The number of tetrazole rings is 1. The zero-order valence-electron chi connectivity index (χ0n) is 10.1. The summed E-state index contributed by atoms with van der Waals surface area (Å²) in [7, 11) is 0. The van der Waals surface area contributed by atoms with E-state index in [4.69, 9.17) is 4.74 Å². The van der Waals surface area contributed by atoms with E-state index in [1.54, 1.807) is 12.1 Å². The van der Waals surface area contributed by atoms with Crippen LogP contribution < -0.4 is 10.1 Å². The summed E-state index contributed by atoms with van der Waals surface area (Å²) < 4.78 is 6.99. The van der Waals surface area contributed by atoms with Crippen molar-refractivity contribution in [2.24, 2.45) is 0 Å². The van der Waals surface area contributed by atoms with Gasteiger partial charge in [0.2, 0.25) is 5.88 Å². The van der Waals surface area contributed by atoms with Crippen molar-refractivity contribution in [1.29, 1.82) is 0 Å². The van der Waals surface area contributed by atoms with E-state index in [0.717, 1.165) is 13.0 Å². The van der Waals surface area contributed by atoms with Crippen LogP contribution in [0.15, 0.2) is 12.1 Å². The third-order valence-electron chi connectivity index (χ3n) is 3.17. The van der Waals surface area contributed by atoms with Gasteiger partial charge < -0.3 is 10.1 Å². The monoisotopic (exact) mass is 248 g/mol. The molecule has 0 amide bonds. The zero-order valence-corrected chi connectivity index (χ0v) is 10.1. The van der Waals surface area contributed by atoms with Crippen LogP contribution in [0.5, 0.6) is 5.88 Å². The van der Waals surface area contributed by atoms with Gasteiger partial charge in [0.1, 0.15) is 0 Å². The van der Waals surface area contributed by atoms with Gasteiger partial charge in [-0.15, -0.1) is 14.8 Å². The average Bonchev–Trinajstić information content (AvgIpc) is 2.87. The van der Waals surface area contributed by atoms with Gasteiger partial charge in [-0.3, -0.25) is 0 Å². The lowest BCUT2D eigenvalue weighted by Gasteiger charge is -2.23. The maximum atomic E-state index is 5.62. The number of aromatic nitrogens is 5. The Bertz CT molecular complexity index is 507. The zero-order chi connectivity index (χ0) is 12.2. The number of ether oxygens (including phenoxy) is 1. The molecule has 0 saturated carbocycles. The summed E-state index contributed by atoms with van der Waals surface area (Å²) in [5, 5.41) is 18.7. The van der Waals surface area contributed by atoms with Gasteiger partial charge in [0.15, 0.2) is 5.65 Å². The fraction of sp³-hybridized carbons (Fsp3) is 0.636. The first-order chi connectivity index (χ1) is 8.92. The fourth-order valence-electron chi connectivity index (χ4n) is 2.19. The maximum Gasteiger partial charge on any atom is 0.233 e. The van der Waals surface area contributed by atoms with E-state index in [1.807, 2.05) is 0 Å². The van der Waals surface area contributed by atoms with Crippen molar-refractivity contribution in [3.05, 3.63) is 12.1 Å². The number of piperidine rings is 1. The topological polar surface area (TPSA) is 77.2 Å². The van der Waals surface area contributed by atoms with Crippen LogP contribution in [0.2, 0.25) is 0 Å². The highest BCUT2D eigenvalue weighted by Crippen LogP contribution is 2.11. The van der Waals surface area contributed by atoms with Gasteiger partial charge in [0, 0.05) is 12.1 Å². The minimum atomic E-state index is 0.561. The van der Waals surface area contributed by atoms with Gasteiger partial charge >= 0.3 is 0 Å². The number of fused-ring (bicyclic) bond motifs is 1. The number of nitrogens with one attached hydrogen (secondary N) is 1. The van der Waals surface area contributed by atoms with Crippen molar-refractivity contribution in [3.63, 3.8) is 0 Å². The normalized spacial score (nSPS) is 20.1. The highest BCUT2D eigenvalue weighted by molar-refractivity contribution is 5.34. The second kappa shape index (κ2) is 5.26. The number of hydrogen-bond donors (Lipinski definition) is 1. The van der Waals surface area contributed by atoms with Crippen LogP contribution in [-0.4, -0.2) is 44.4 Å². The molecule has 2 aromatic heterocycles. The molecule has 2 aromatic rings. The smallest absolute Gasteiger partial charge is 0.233 e. The van der Waals surface area contributed by atoms with Crippen molar-refractivity contribution >= 4 is 5.65 Å². The van der Waals surface area contributed by atoms with Crippen molar-refractivity contribution < 1.29 is 4.74 Å². The molecule has 96 valence electrons. The van der Waals surface area contributed by atoms with E-state index in [0.29, 0.717) is 24.2 Å². The fourth-order valence-corrected chi connectivity index (χ4v) is 2.19. The van der Waals surface area contributed by atoms with Crippen LogP contribution in [0.25, 0.3) is 5.65 Å². The molecule has 18 heavy (non-hydrogen) atoms. The summed E-state index contributed by atoms with van der Waals surface area (Å²) in [5.74, 6) is 0.561. The van der Waals surface area contributed by atoms with Crippen LogP contribution >= 0.6 is 0 Å². The molecular formula is C11H16N6O. The quantitative estimate of drug-likeness (QED) is 0.845. The molecule has 0 aromatic carbocycles. The van der Waals surface area contributed by atoms with Gasteiger partial charge in [-0.05, 0) is 42.3 Å². The summed E-state index contributed by atoms with van der Waals surface area (Å²) in [5.41, 5.74) is 0.622. The first kappa shape index (κ1) is 11.3. The Morgan fingerprint density at radius 1 is 1.39 bits per heavy atom. The largest absolute Gasteiger partial charge is 0.477 e. The van der Waals surface area contributed by atoms with E-state index in [-0.39, 0.29) is 0 Å². The van der Waals surface area contributed by atoms with Crippen LogP contribution in [0.4, 0.5) is 0 Å². The molecule has 1 atom stereocenters. The van der Waals surface area contributed by atoms with Crippen molar-refractivity contribution in [1.82, 2.24) is 30.6 Å². The molecule has 1 N–H and O–H groups in total. The first-order valence-electron chi connectivity index (χ1n) is 6.33. The average molecular weight is 248 g/mol. The Morgan fingerprint density at radius 2 is 2.39 bits per heavy atom. The van der Waals surface area contributed by atoms with Gasteiger partial charge in [0.25, 0.3) is 0 Å². The summed E-state index contributed by atoms with van der Waals surface area (Å²) in [6.45, 7) is 1.79. The van der Waals surface area contributed by atoms with E-state index in [2.05, 4.69) is 25.9 Å². The first-order valence-corrected chi connectivity index (χ1v) is 6.33. The molecular weight excluding hydrogens is 232 g/mol. The Labute approximate surface area is 105 Å². The summed E-state index contributed by atoms with van der Waals surface area (Å²) in [6.07, 6.45) is 4.85. The molecule has 0 radical (unpaired) electrons. The van der Waals surface area contributed by atoms with Gasteiger partial charge in [-0.25, -0.2) is 0 Å². The molecule has 0 bridgehead atoms. The number of rotatable bonds is 4. The Hall–Kier alpha value is -1.76. The third kappa shape index (κ3) is 2.56. The highest BCUT2D eigenvalue weighted by atomic mass is 16.5. The van der Waals surface area contributed by atoms with Crippen molar-refractivity contribution in [2.75, 3.05) is 13.2 Å². The Kier molecular flexibility index (Phi) is 3.31. The molecule has 0 aliphatic carbocycles. The van der Waals surface area contributed by atoms with Crippen LogP contribution in [0.3, 0.4) is 0 Å². The summed E-state index contributed by atoms with van der Waals surface area (Å²) in [4.78, 5) is 0. The molecule has 0 spiro atoms. The predicted molar refractivity (Wildman–Crippen MR) is 64.3 cm³/mol. The number of hydrogen-bond acceptors (Lipinski definition) is 6. The minimum absolute atomic E-state index is 0.561. The van der Waals surface area contributed by atoms with Crippen LogP contribution in [0, 0.1) is 0 Å². The second-order valence-corrected chi connectivity index (χ2v) is 4.48. The lowest BCUT2D eigenvalue weighted by atomic mass is 10.0. The van der Waals surface area contributed by atoms with Crippen molar-refractivity contribution in [2.45, 2.75) is 31.7 Å². The molecule has 3 rings (SSSR count). The molecule has 7 nitrogen and oxygen atoms in total. The van der Waals surface area contributed by atoms with Crippen LogP contribution in [-0.2, 0) is 0 Å². The standard InChI is InChI=1S/C11H16N6O/c1-2-7-12-9(3-1)6-8-18-11-5-4-10-13-15-16-17(10)14-11/h4-5,9,12H,1-3,6-8H2. The molecule has 1 aliphatic heterocycles. The summed E-state index contributed by atoms with van der Waals surface area (Å²) >= 11 is 0. The lowest BCUT2D eigenvalue weighted by Crippen LogP contribution is -2.35. The minimum Gasteiger partial charge on any atom is -0.477 e. The molecule has 1 saturated heterocycles. The van der Waals surface area contributed by atoms with Gasteiger partial charge in [0.05, 0.1) is 6.61 Å². The van der Waals surface area contributed by atoms with E-state index in [9.17, 15) is 0 Å². The van der Waals surface area contributed by atoms with Gasteiger partial charge in [-0.1, -0.05) is 6.42 Å². The predicted octanol–water partition coefficient (Wildman–Crippen LogP) is 0.430. The van der Waals surface area contributed by atoms with E-state index in [1.165, 1.54) is 23.9 Å². The molecule has 1 aliphatic rings. The lowest BCUT2D eigenvalue weighted by molar-refractivity contribution is 0.257. The molecule has 7 heteroatoms. The Morgan fingerprint density at radius 3 is 3.28 bits per heavy atom. The molecule has 1 unspecified atom stereocenters. The van der Waals surface area contributed by atoms with Crippen LogP contribution in [0.1, 0.15) is 25.7 Å². The maximum absolute atomic E-state index is 5.62. The van der Waals surface area contributed by atoms with Gasteiger partial charge in [-0.2, -0.15) is 0 Å².